The molecule has 0 spiro atoms. The number of nitrogens with zero attached hydrogens (tertiary/aromatic N) is 3. The van der Waals surface area contributed by atoms with Gasteiger partial charge in [-0.1, -0.05) is 11.6 Å². The Morgan fingerprint density at radius 1 is 1.35 bits per heavy atom. The number of nitrogens with one attached hydrogen (secondary N) is 1. The lowest BCUT2D eigenvalue weighted by Gasteiger charge is -2.32. The zero-order valence-electron chi connectivity index (χ0n) is 12.0. The summed E-state index contributed by atoms with van der Waals surface area (Å²) in [5.74, 6) is 0. The monoisotopic (exact) mass is 296 g/mol. The fraction of sp³-hybridized carbons (Fsp3) is 0.714. The minimum Gasteiger partial charge on any atom is -0.367 e. The lowest BCUT2D eigenvalue weighted by Crippen LogP contribution is -2.43. The maximum absolute atomic E-state index is 11.6. The zero-order valence-corrected chi connectivity index (χ0v) is 12.7. The van der Waals surface area contributed by atoms with Gasteiger partial charge in [-0.3, -0.25) is 9.69 Å². The van der Waals surface area contributed by atoms with Gasteiger partial charge in [0.2, 0.25) is 0 Å². The Bertz CT molecular complexity index is 544. The lowest BCUT2D eigenvalue weighted by atomic mass is 10.1. The third-order valence-electron chi connectivity index (χ3n) is 4.55. The Hall–Kier alpha value is -1.07. The number of hydrogen-bond donors (Lipinski definition) is 1. The molecule has 3 heterocycles. The summed E-state index contributed by atoms with van der Waals surface area (Å²) in [6.07, 6.45) is 5.31. The van der Waals surface area contributed by atoms with Crippen LogP contribution in [0, 0.1) is 0 Å². The van der Waals surface area contributed by atoms with Crippen molar-refractivity contribution >= 4 is 17.3 Å². The molecule has 5 nitrogen and oxygen atoms in total. The number of aromatic amines is 1. The molecule has 2 atom stereocenters. The van der Waals surface area contributed by atoms with E-state index in [2.05, 4.69) is 33.8 Å². The van der Waals surface area contributed by atoms with E-state index >= 15 is 0 Å². The minimum absolute atomic E-state index is 0.258. The van der Waals surface area contributed by atoms with Gasteiger partial charge in [-0.15, -0.1) is 0 Å². The van der Waals surface area contributed by atoms with E-state index in [1.165, 1.54) is 12.8 Å². The van der Waals surface area contributed by atoms with Gasteiger partial charge in [0.25, 0.3) is 5.56 Å². The fourth-order valence-electron chi connectivity index (χ4n) is 3.77. The van der Waals surface area contributed by atoms with Crippen LogP contribution in [-0.2, 0) is 0 Å². The summed E-state index contributed by atoms with van der Waals surface area (Å²) in [6, 6.07) is 1.79. The van der Waals surface area contributed by atoms with Crippen LogP contribution in [0.2, 0.25) is 5.02 Å². The molecule has 110 valence electrons. The topological polar surface area (TPSA) is 52.2 Å². The van der Waals surface area contributed by atoms with E-state index in [9.17, 15) is 4.79 Å². The highest BCUT2D eigenvalue weighted by Crippen LogP contribution is 2.34. The quantitative estimate of drug-likeness (QED) is 0.905. The van der Waals surface area contributed by atoms with Crippen LogP contribution < -0.4 is 10.5 Å². The molecule has 20 heavy (non-hydrogen) atoms. The van der Waals surface area contributed by atoms with Crippen molar-refractivity contribution in [2.75, 3.05) is 18.0 Å². The fourth-order valence-corrected chi connectivity index (χ4v) is 3.98. The third kappa shape index (κ3) is 2.33. The summed E-state index contributed by atoms with van der Waals surface area (Å²) in [4.78, 5) is 16.5. The molecule has 0 saturated carbocycles. The number of aromatic nitrogens is 2. The van der Waals surface area contributed by atoms with Crippen LogP contribution in [0.1, 0.15) is 33.1 Å². The highest BCUT2D eigenvalue weighted by molar-refractivity contribution is 6.32. The highest BCUT2D eigenvalue weighted by atomic mass is 35.5. The van der Waals surface area contributed by atoms with Crippen LogP contribution in [0.4, 0.5) is 5.69 Å². The average Bonchev–Trinajstić information content (AvgIpc) is 2.69. The van der Waals surface area contributed by atoms with Crippen molar-refractivity contribution in [2.45, 2.75) is 51.2 Å². The van der Waals surface area contributed by atoms with E-state index in [1.54, 1.807) is 6.20 Å². The third-order valence-corrected chi connectivity index (χ3v) is 4.92. The van der Waals surface area contributed by atoms with E-state index in [0.29, 0.717) is 18.1 Å². The SMILES string of the molecule is CC(C)N1[C@H]2CC[C@H]1CN(c1cn[nH]c(=O)c1Cl)CC2. The molecule has 2 fully saturated rings. The van der Waals surface area contributed by atoms with Crippen molar-refractivity contribution in [1.82, 2.24) is 15.1 Å². The molecule has 1 N–H and O–H groups in total. The summed E-state index contributed by atoms with van der Waals surface area (Å²) in [5, 5.41) is 6.53. The van der Waals surface area contributed by atoms with Gasteiger partial charge in [0, 0.05) is 31.2 Å². The first kappa shape index (κ1) is 13.9. The van der Waals surface area contributed by atoms with Gasteiger partial charge in [0.05, 0.1) is 11.9 Å². The first-order valence-electron chi connectivity index (χ1n) is 7.33. The van der Waals surface area contributed by atoms with Gasteiger partial charge in [0.1, 0.15) is 5.02 Å². The smallest absolute Gasteiger partial charge is 0.285 e. The maximum atomic E-state index is 11.6. The van der Waals surface area contributed by atoms with Crippen LogP contribution in [0.15, 0.2) is 11.0 Å². The molecular formula is C14H21ClN4O. The van der Waals surface area contributed by atoms with Crippen molar-refractivity contribution < 1.29 is 0 Å². The molecule has 3 rings (SSSR count). The second-order valence-electron chi connectivity index (χ2n) is 6.06. The molecule has 0 aromatic carbocycles. The number of halogens is 1. The van der Waals surface area contributed by atoms with Gasteiger partial charge in [-0.05, 0) is 33.1 Å². The second-order valence-corrected chi connectivity index (χ2v) is 6.44. The molecule has 2 aliphatic heterocycles. The molecule has 1 aromatic rings. The van der Waals surface area contributed by atoms with Crippen molar-refractivity contribution in [2.24, 2.45) is 0 Å². The number of fused-ring (bicyclic) bond motifs is 2. The van der Waals surface area contributed by atoms with E-state index in [1.807, 2.05) is 0 Å². The minimum atomic E-state index is -0.306. The van der Waals surface area contributed by atoms with Crippen molar-refractivity contribution in [1.29, 1.82) is 0 Å². The van der Waals surface area contributed by atoms with Gasteiger partial charge in [-0.25, -0.2) is 5.10 Å². The zero-order chi connectivity index (χ0) is 14.3. The van der Waals surface area contributed by atoms with Crippen molar-refractivity contribution in [3.05, 3.63) is 21.6 Å². The van der Waals surface area contributed by atoms with Crippen LogP contribution in [-0.4, -0.2) is 46.3 Å². The number of hydrogen-bond acceptors (Lipinski definition) is 4. The van der Waals surface area contributed by atoms with Gasteiger partial charge in [-0.2, -0.15) is 5.10 Å². The normalized spacial score (nSPS) is 27.1. The molecule has 2 bridgehead atoms. The number of anilines is 1. The van der Waals surface area contributed by atoms with Crippen LogP contribution in [0.25, 0.3) is 0 Å². The molecular weight excluding hydrogens is 276 g/mol. The van der Waals surface area contributed by atoms with E-state index in [0.717, 1.165) is 25.2 Å². The summed E-state index contributed by atoms with van der Waals surface area (Å²) in [6.45, 7) is 6.40. The molecule has 2 aliphatic rings. The first-order valence-corrected chi connectivity index (χ1v) is 7.71. The Morgan fingerprint density at radius 3 is 2.85 bits per heavy atom. The molecule has 6 heteroatoms. The second kappa shape index (κ2) is 5.37. The Morgan fingerprint density at radius 2 is 2.10 bits per heavy atom. The van der Waals surface area contributed by atoms with Crippen molar-refractivity contribution in [3.8, 4) is 0 Å². The highest BCUT2D eigenvalue weighted by Gasteiger charge is 2.38. The van der Waals surface area contributed by atoms with E-state index in [4.69, 9.17) is 11.6 Å². The summed E-state index contributed by atoms with van der Waals surface area (Å²) in [5.41, 5.74) is 0.464. The molecule has 2 saturated heterocycles. The number of H-pyrrole nitrogens is 1. The summed E-state index contributed by atoms with van der Waals surface area (Å²) in [7, 11) is 0. The summed E-state index contributed by atoms with van der Waals surface area (Å²) >= 11 is 6.14. The Kier molecular flexibility index (Phi) is 3.73. The molecule has 0 unspecified atom stereocenters. The Labute approximate surface area is 123 Å². The average molecular weight is 297 g/mol. The Balaban J connectivity index is 1.87. The van der Waals surface area contributed by atoms with Crippen LogP contribution >= 0.6 is 11.6 Å². The maximum Gasteiger partial charge on any atom is 0.285 e. The molecule has 0 amide bonds. The molecule has 0 aliphatic carbocycles. The van der Waals surface area contributed by atoms with Crippen LogP contribution in [0.5, 0.6) is 0 Å². The molecule has 1 aromatic heterocycles. The lowest BCUT2D eigenvalue weighted by molar-refractivity contribution is 0.158. The number of rotatable bonds is 2. The largest absolute Gasteiger partial charge is 0.367 e. The van der Waals surface area contributed by atoms with Gasteiger partial charge >= 0.3 is 0 Å². The van der Waals surface area contributed by atoms with Gasteiger partial charge in [0.15, 0.2) is 0 Å². The predicted molar refractivity (Wildman–Crippen MR) is 80.5 cm³/mol. The summed E-state index contributed by atoms with van der Waals surface area (Å²) < 4.78 is 0. The first-order chi connectivity index (χ1) is 9.58. The van der Waals surface area contributed by atoms with E-state index < -0.39 is 0 Å². The van der Waals surface area contributed by atoms with Gasteiger partial charge < -0.3 is 4.90 Å². The van der Waals surface area contributed by atoms with Crippen molar-refractivity contribution in [3.63, 3.8) is 0 Å². The van der Waals surface area contributed by atoms with Crippen LogP contribution in [0.3, 0.4) is 0 Å². The predicted octanol–water partition coefficient (Wildman–Crippen LogP) is 1.87. The van der Waals surface area contributed by atoms with E-state index in [-0.39, 0.29) is 10.6 Å². The molecule has 0 radical (unpaired) electrons. The standard InChI is InChI=1S/C14H21ClN4O/c1-9(2)19-10-3-4-11(19)8-18(6-5-10)12-7-16-17-14(20)13(12)15/h7,9-11H,3-6,8H2,1-2H3,(H,17,20)/t10-,11-/m0/s1.